The van der Waals surface area contributed by atoms with Gasteiger partial charge >= 0.3 is 0 Å². The van der Waals surface area contributed by atoms with E-state index < -0.39 is 0 Å². The summed E-state index contributed by atoms with van der Waals surface area (Å²) in [6.07, 6.45) is 8.00. The summed E-state index contributed by atoms with van der Waals surface area (Å²) in [4.78, 5) is 4.32. The summed E-state index contributed by atoms with van der Waals surface area (Å²) in [5, 5.41) is 3.56. The number of thioether (sulfide) groups is 1. The SMILES string of the molecule is c1ncn(CC2CCSC2)c1[C@@H]1CCCN1. The maximum atomic E-state index is 4.32. The van der Waals surface area contributed by atoms with Crippen LogP contribution in [0.3, 0.4) is 0 Å². The number of imidazole rings is 1. The molecule has 1 aromatic heterocycles. The van der Waals surface area contributed by atoms with E-state index in [0.29, 0.717) is 6.04 Å². The molecule has 2 atom stereocenters. The molecular weight excluding hydrogens is 218 g/mol. The number of nitrogens with zero attached hydrogens (tertiary/aromatic N) is 2. The minimum Gasteiger partial charge on any atom is -0.333 e. The number of aromatic nitrogens is 2. The van der Waals surface area contributed by atoms with Crippen LogP contribution in [0.2, 0.25) is 0 Å². The van der Waals surface area contributed by atoms with Crippen molar-refractivity contribution in [3.8, 4) is 0 Å². The zero-order valence-electron chi connectivity index (χ0n) is 9.56. The molecule has 3 nitrogen and oxygen atoms in total. The van der Waals surface area contributed by atoms with Crippen molar-refractivity contribution in [3.63, 3.8) is 0 Å². The van der Waals surface area contributed by atoms with Crippen LogP contribution in [-0.4, -0.2) is 27.6 Å². The molecule has 3 rings (SSSR count). The molecule has 2 saturated heterocycles. The molecule has 2 aliphatic heterocycles. The largest absolute Gasteiger partial charge is 0.333 e. The number of nitrogens with one attached hydrogen (secondary N) is 1. The van der Waals surface area contributed by atoms with Crippen molar-refractivity contribution in [2.24, 2.45) is 5.92 Å². The van der Waals surface area contributed by atoms with E-state index in [1.165, 1.54) is 43.0 Å². The lowest BCUT2D eigenvalue weighted by Crippen LogP contribution is -2.19. The zero-order chi connectivity index (χ0) is 10.8. The van der Waals surface area contributed by atoms with E-state index in [0.717, 1.165) is 12.5 Å². The van der Waals surface area contributed by atoms with Gasteiger partial charge in [-0.05, 0) is 43.2 Å². The molecule has 1 N–H and O–H groups in total. The van der Waals surface area contributed by atoms with Gasteiger partial charge in [-0.1, -0.05) is 0 Å². The molecule has 0 spiro atoms. The Kier molecular flexibility index (Phi) is 3.20. The van der Waals surface area contributed by atoms with Gasteiger partial charge in [0.25, 0.3) is 0 Å². The van der Waals surface area contributed by atoms with Gasteiger partial charge in [0.05, 0.1) is 12.0 Å². The van der Waals surface area contributed by atoms with Gasteiger partial charge in [-0.2, -0.15) is 11.8 Å². The minimum absolute atomic E-state index is 0.552. The van der Waals surface area contributed by atoms with E-state index in [1.807, 2.05) is 12.5 Å². The highest BCUT2D eigenvalue weighted by Crippen LogP contribution is 2.27. The van der Waals surface area contributed by atoms with Crippen molar-refractivity contribution >= 4 is 11.8 Å². The molecular formula is C12H19N3S. The molecule has 88 valence electrons. The van der Waals surface area contributed by atoms with Gasteiger partial charge < -0.3 is 9.88 Å². The van der Waals surface area contributed by atoms with Crippen molar-refractivity contribution < 1.29 is 0 Å². The number of rotatable bonds is 3. The summed E-state index contributed by atoms with van der Waals surface area (Å²) in [5.41, 5.74) is 1.40. The summed E-state index contributed by atoms with van der Waals surface area (Å²) in [5.74, 6) is 3.53. The second kappa shape index (κ2) is 4.80. The minimum atomic E-state index is 0.552. The van der Waals surface area contributed by atoms with Crippen LogP contribution in [-0.2, 0) is 6.54 Å². The molecule has 0 radical (unpaired) electrons. The Morgan fingerprint density at radius 1 is 1.50 bits per heavy atom. The molecule has 0 amide bonds. The van der Waals surface area contributed by atoms with Gasteiger partial charge in [-0.3, -0.25) is 0 Å². The maximum Gasteiger partial charge on any atom is 0.0948 e. The Balaban J connectivity index is 1.71. The summed E-state index contributed by atoms with van der Waals surface area (Å²) >= 11 is 2.09. The normalized spacial score (nSPS) is 30.0. The fourth-order valence-electron chi connectivity index (χ4n) is 2.72. The van der Waals surface area contributed by atoms with Crippen LogP contribution in [0.25, 0.3) is 0 Å². The molecule has 3 heterocycles. The van der Waals surface area contributed by atoms with E-state index in [4.69, 9.17) is 0 Å². The third kappa shape index (κ3) is 2.13. The van der Waals surface area contributed by atoms with Crippen LogP contribution >= 0.6 is 11.8 Å². The highest BCUT2D eigenvalue weighted by Gasteiger charge is 2.22. The van der Waals surface area contributed by atoms with Gasteiger partial charge in [0, 0.05) is 18.8 Å². The molecule has 1 unspecified atom stereocenters. The third-order valence-corrected chi connectivity index (χ3v) is 4.87. The third-order valence-electron chi connectivity index (χ3n) is 3.64. The molecule has 2 fully saturated rings. The van der Waals surface area contributed by atoms with Crippen LogP contribution in [0.1, 0.15) is 31.0 Å². The van der Waals surface area contributed by atoms with Crippen LogP contribution in [0.4, 0.5) is 0 Å². The standard InChI is InChI=1S/C12H19N3S/c1-2-11(14-4-1)12-6-13-9-15(12)7-10-3-5-16-8-10/h6,9-11,14H,1-5,7-8H2/t10?,11-/m0/s1. The predicted octanol–water partition coefficient (Wildman–Crippen LogP) is 2.06. The van der Waals surface area contributed by atoms with Gasteiger partial charge in [0.15, 0.2) is 0 Å². The van der Waals surface area contributed by atoms with Crippen LogP contribution in [0.5, 0.6) is 0 Å². The van der Waals surface area contributed by atoms with E-state index in [1.54, 1.807) is 0 Å². The summed E-state index contributed by atoms with van der Waals surface area (Å²) in [7, 11) is 0. The zero-order valence-corrected chi connectivity index (χ0v) is 10.4. The first-order valence-corrected chi connectivity index (χ1v) is 7.40. The van der Waals surface area contributed by atoms with E-state index >= 15 is 0 Å². The lowest BCUT2D eigenvalue weighted by Gasteiger charge is -2.16. The van der Waals surface area contributed by atoms with Crippen LogP contribution in [0.15, 0.2) is 12.5 Å². The Morgan fingerprint density at radius 3 is 3.25 bits per heavy atom. The van der Waals surface area contributed by atoms with Gasteiger partial charge in [-0.15, -0.1) is 0 Å². The fourth-order valence-corrected chi connectivity index (χ4v) is 3.99. The van der Waals surface area contributed by atoms with E-state index in [9.17, 15) is 0 Å². The first-order valence-electron chi connectivity index (χ1n) is 6.24. The number of hydrogen-bond acceptors (Lipinski definition) is 3. The van der Waals surface area contributed by atoms with E-state index in [2.05, 4.69) is 26.6 Å². The van der Waals surface area contributed by atoms with Crippen LogP contribution < -0.4 is 5.32 Å². The Morgan fingerprint density at radius 2 is 2.50 bits per heavy atom. The molecule has 4 heteroatoms. The van der Waals surface area contributed by atoms with Crippen molar-refractivity contribution in [2.45, 2.75) is 31.8 Å². The van der Waals surface area contributed by atoms with Crippen molar-refractivity contribution in [1.29, 1.82) is 0 Å². The quantitative estimate of drug-likeness (QED) is 0.872. The van der Waals surface area contributed by atoms with Crippen molar-refractivity contribution in [3.05, 3.63) is 18.2 Å². The smallest absolute Gasteiger partial charge is 0.0948 e. The van der Waals surface area contributed by atoms with Gasteiger partial charge in [0.1, 0.15) is 0 Å². The van der Waals surface area contributed by atoms with E-state index in [-0.39, 0.29) is 0 Å². The second-order valence-corrected chi connectivity index (χ2v) is 6.00. The van der Waals surface area contributed by atoms with Crippen molar-refractivity contribution in [1.82, 2.24) is 14.9 Å². The lowest BCUT2D eigenvalue weighted by atomic mass is 10.1. The van der Waals surface area contributed by atoms with Crippen molar-refractivity contribution in [2.75, 3.05) is 18.1 Å². The highest BCUT2D eigenvalue weighted by molar-refractivity contribution is 7.99. The summed E-state index contributed by atoms with van der Waals surface area (Å²) in [6.45, 7) is 2.33. The molecule has 0 saturated carbocycles. The lowest BCUT2D eigenvalue weighted by molar-refractivity contribution is 0.463. The molecule has 16 heavy (non-hydrogen) atoms. The number of hydrogen-bond donors (Lipinski definition) is 1. The molecule has 1 aromatic rings. The average molecular weight is 237 g/mol. The monoisotopic (exact) mass is 237 g/mol. The molecule has 2 aliphatic rings. The summed E-state index contributed by atoms with van der Waals surface area (Å²) < 4.78 is 2.37. The average Bonchev–Trinajstić information content (AvgIpc) is 2.98. The molecule has 0 aromatic carbocycles. The molecule has 0 aliphatic carbocycles. The highest BCUT2D eigenvalue weighted by atomic mass is 32.2. The fraction of sp³-hybridized carbons (Fsp3) is 0.750. The Bertz CT molecular complexity index is 338. The maximum absolute atomic E-state index is 4.32. The van der Waals surface area contributed by atoms with Crippen LogP contribution in [0, 0.1) is 5.92 Å². The van der Waals surface area contributed by atoms with Gasteiger partial charge in [-0.25, -0.2) is 4.98 Å². The second-order valence-electron chi connectivity index (χ2n) is 4.85. The predicted molar refractivity (Wildman–Crippen MR) is 67.6 cm³/mol. The Labute approximate surface area is 101 Å². The topological polar surface area (TPSA) is 29.9 Å². The molecule has 0 bridgehead atoms. The first-order chi connectivity index (χ1) is 7.93. The summed E-state index contributed by atoms with van der Waals surface area (Å²) in [6, 6.07) is 0.552. The first kappa shape index (κ1) is 10.7. The van der Waals surface area contributed by atoms with Gasteiger partial charge in [0.2, 0.25) is 0 Å². The Hall–Kier alpha value is -0.480.